The summed E-state index contributed by atoms with van der Waals surface area (Å²) < 4.78 is 16.0. The molecule has 1 aliphatic heterocycles. The van der Waals surface area contributed by atoms with Crippen molar-refractivity contribution in [2.75, 3.05) is 7.11 Å². The number of hydrogen-bond acceptors (Lipinski definition) is 4. The largest absolute Gasteiger partial charge is 0.496 e. The number of methoxy groups -OCH3 is 1. The molecular weight excluding hydrogens is 244 g/mol. The molecule has 3 rings (SSSR count). The minimum Gasteiger partial charge on any atom is -0.496 e. The van der Waals surface area contributed by atoms with E-state index in [-0.39, 0.29) is 11.5 Å². The second-order valence-electron chi connectivity index (χ2n) is 4.22. The smallest absolute Gasteiger partial charge is 0.232 e. The van der Waals surface area contributed by atoms with Gasteiger partial charge in [-0.15, -0.1) is 0 Å². The molecular formula is C15H12O4. The Balaban J connectivity index is 2.04. The van der Waals surface area contributed by atoms with Gasteiger partial charge in [0.05, 0.1) is 18.9 Å². The van der Waals surface area contributed by atoms with Gasteiger partial charge in [0.25, 0.3) is 0 Å². The van der Waals surface area contributed by atoms with E-state index in [4.69, 9.17) is 13.9 Å². The van der Waals surface area contributed by atoms with Gasteiger partial charge in [-0.05, 0) is 31.2 Å². The van der Waals surface area contributed by atoms with Gasteiger partial charge < -0.3 is 13.9 Å². The zero-order chi connectivity index (χ0) is 13.4. The molecule has 0 bridgehead atoms. The molecule has 0 N–H and O–H groups in total. The molecule has 1 aromatic heterocycles. The van der Waals surface area contributed by atoms with Crippen LogP contribution in [0.3, 0.4) is 0 Å². The summed E-state index contributed by atoms with van der Waals surface area (Å²) in [5.74, 6) is 1.96. The van der Waals surface area contributed by atoms with E-state index in [1.807, 2.05) is 6.92 Å². The number of carbonyl (C=O) groups excluding carboxylic acids is 1. The van der Waals surface area contributed by atoms with E-state index >= 15 is 0 Å². The fourth-order valence-corrected chi connectivity index (χ4v) is 2.09. The van der Waals surface area contributed by atoms with Crippen LogP contribution >= 0.6 is 0 Å². The number of hydrogen-bond donors (Lipinski definition) is 0. The fraction of sp³-hybridized carbons (Fsp3) is 0.133. The van der Waals surface area contributed by atoms with Crippen LogP contribution in [0, 0.1) is 6.92 Å². The average Bonchev–Trinajstić information content (AvgIpc) is 3.01. The van der Waals surface area contributed by atoms with Crippen LogP contribution in [0.2, 0.25) is 0 Å². The molecule has 0 aliphatic carbocycles. The van der Waals surface area contributed by atoms with Crippen molar-refractivity contribution >= 4 is 11.9 Å². The number of ether oxygens (including phenoxy) is 2. The normalized spacial score (nSPS) is 15.5. The summed E-state index contributed by atoms with van der Waals surface area (Å²) in [6.07, 6.45) is 3.14. The minimum absolute atomic E-state index is 0.142. The number of carbonyl (C=O) groups is 1. The third-order valence-corrected chi connectivity index (χ3v) is 3.07. The molecule has 4 heteroatoms. The summed E-state index contributed by atoms with van der Waals surface area (Å²) in [6, 6.07) is 7.01. The highest BCUT2D eigenvalue weighted by molar-refractivity contribution is 6.14. The van der Waals surface area contributed by atoms with E-state index in [1.54, 1.807) is 43.7 Å². The Hall–Kier alpha value is -2.49. The number of allylic oxidation sites excluding steroid dienone is 1. The molecule has 0 spiro atoms. The zero-order valence-electron chi connectivity index (χ0n) is 10.6. The Morgan fingerprint density at radius 2 is 2.11 bits per heavy atom. The lowest BCUT2D eigenvalue weighted by molar-refractivity contribution is 0.101. The van der Waals surface area contributed by atoms with Gasteiger partial charge in [-0.25, -0.2) is 0 Å². The molecule has 96 valence electrons. The molecule has 1 aliphatic rings. The number of ketones is 1. The van der Waals surface area contributed by atoms with Gasteiger partial charge in [-0.1, -0.05) is 0 Å². The van der Waals surface area contributed by atoms with Crippen molar-refractivity contribution < 1.29 is 18.7 Å². The Morgan fingerprint density at radius 1 is 1.26 bits per heavy atom. The Morgan fingerprint density at radius 3 is 2.79 bits per heavy atom. The highest BCUT2D eigenvalue weighted by Gasteiger charge is 2.30. The summed E-state index contributed by atoms with van der Waals surface area (Å²) >= 11 is 0. The lowest BCUT2D eigenvalue weighted by Gasteiger charge is -2.07. The van der Waals surface area contributed by atoms with Crippen LogP contribution in [0.1, 0.15) is 21.7 Å². The maximum Gasteiger partial charge on any atom is 0.232 e. The quantitative estimate of drug-likeness (QED) is 0.774. The van der Waals surface area contributed by atoms with E-state index in [0.717, 1.165) is 5.56 Å². The molecule has 0 radical (unpaired) electrons. The molecule has 2 heterocycles. The molecule has 0 fully saturated rings. The van der Waals surface area contributed by atoms with Gasteiger partial charge in [0.2, 0.25) is 5.78 Å². The van der Waals surface area contributed by atoms with E-state index in [0.29, 0.717) is 22.8 Å². The summed E-state index contributed by atoms with van der Waals surface area (Å²) in [4.78, 5) is 12.2. The van der Waals surface area contributed by atoms with Crippen molar-refractivity contribution in [3.63, 3.8) is 0 Å². The average molecular weight is 256 g/mol. The van der Waals surface area contributed by atoms with E-state index in [9.17, 15) is 4.79 Å². The number of Topliss-reactive ketones (excluding diaryl/α,β-unsaturated/α-hetero) is 1. The Labute approximate surface area is 110 Å². The summed E-state index contributed by atoms with van der Waals surface area (Å²) in [6.45, 7) is 1.86. The maximum atomic E-state index is 12.2. The lowest BCUT2D eigenvalue weighted by Crippen LogP contribution is -1.97. The molecule has 4 nitrogen and oxygen atoms in total. The third kappa shape index (κ3) is 1.81. The van der Waals surface area contributed by atoms with Crippen LogP contribution in [0.15, 0.2) is 40.7 Å². The molecule has 2 aromatic rings. The summed E-state index contributed by atoms with van der Waals surface area (Å²) in [5.41, 5.74) is 1.37. The van der Waals surface area contributed by atoms with Crippen molar-refractivity contribution in [3.05, 3.63) is 53.2 Å². The van der Waals surface area contributed by atoms with Gasteiger partial charge >= 0.3 is 0 Å². The summed E-state index contributed by atoms with van der Waals surface area (Å²) in [7, 11) is 1.59. The van der Waals surface area contributed by atoms with E-state index in [2.05, 4.69) is 0 Å². The van der Waals surface area contributed by atoms with Crippen LogP contribution in [0.25, 0.3) is 6.08 Å². The minimum atomic E-state index is -0.142. The molecule has 0 saturated carbocycles. The second kappa shape index (κ2) is 4.31. The number of fused-ring (bicyclic) bond motifs is 1. The van der Waals surface area contributed by atoms with Gasteiger partial charge in [-0.3, -0.25) is 4.79 Å². The predicted molar refractivity (Wildman–Crippen MR) is 69.4 cm³/mol. The van der Waals surface area contributed by atoms with Crippen molar-refractivity contribution in [1.82, 2.24) is 0 Å². The van der Waals surface area contributed by atoms with Crippen molar-refractivity contribution in [1.29, 1.82) is 0 Å². The maximum absolute atomic E-state index is 12.2. The van der Waals surface area contributed by atoms with Gasteiger partial charge in [0.15, 0.2) is 5.76 Å². The highest BCUT2D eigenvalue weighted by atomic mass is 16.5. The first-order chi connectivity index (χ1) is 9.20. The lowest BCUT2D eigenvalue weighted by atomic mass is 10.1. The third-order valence-electron chi connectivity index (χ3n) is 3.07. The molecule has 0 saturated heterocycles. The SMILES string of the molecule is COc1ccc2c(c1C)OC(=Cc1ccco1)C2=O. The van der Waals surface area contributed by atoms with Crippen LogP contribution in [-0.4, -0.2) is 12.9 Å². The zero-order valence-corrected chi connectivity index (χ0v) is 10.6. The first-order valence-electron chi connectivity index (χ1n) is 5.86. The Bertz CT molecular complexity index is 666. The first-order valence-corrected chi connectivity index (χ1v) is 5.86. The van der Waals surface area contributed by atoms with E-state index < -0.39 is 0 Å². The molecule has 19 heavy (non-hydrogen) atoms. The molecule has 0 amide bonds. The van der Waals surface area contributed by atoms with Crippen molar-refractivity contribution in [3.8, 4) is 11.5 Å². The second-order valence-corrected chi connectivity index (χ2v) is 4.22. The van der Waals surface area contributed by atoms with Crippen LogP contribution in [-0.2, 0) is 0 Å². The molecule has 0 atom stereocenters. The Kier molecular flexibility index (Phi) is 2.63. The topological polar surface area (TPSA) is 48.7 Å². The van der Waals surface area contributed by atoms with E-state index in [1.165, 1.54) is 0 Å². The number of benzene rings is 1. The van der Waals surface area contributed by atoms with Crippen LogP contribution < -0.4 is 9.47 Å². The van der Waals surface area contributed by atoms with Crippen LogP contribution in [0.4, 0.5) is 0 Å². The van der Waals surface area contributed by atoms with Crippen molar-refractivity contribution in [2.24, 2.45) is 0 Å². The predicted octanol–water partition coefficient (Wildman–Crippen LogP) is 3.21. The highest BCUT2D eigenvalue weighted by Crippen LogP contribution is 2.39. The monoisotopic (exact) mass is 256 g/mol. The van der Waals surface area contributed by atoms with Crippen molar-refractivity contribution in [2.45, 2.75) is 6.92 Å². The van der Waals surface area contributed by atoms with Gasteiger partial charge in [-0.2, -0.15) is 0 Å². The summed E-state index contributed by atoms with van der Waals surface area (Å²) in [5, 5.41) is 0. The number of furan rings is 1. The molecule has 1 aromatic carbocycles. The van der Waals surface area contributed by atoms with Gasteiger partial charge in [0, 0.05) is 11.6 Å². The first kappa shape index (κ1) is 11.6. The number of rotatable bonds is 2. The standard InChI is InChI=1S/C15H12O4/c1-9-12(17-2)6-5-11-14(16)13(19-15(9)11)8-10-4-3-7-18-10/h3-8H,1-2H3. The van der Waals surface area contributed by atoms with Gasteiger partial charge in [0.1, 0.15) is 17.3 Å². The van der Waals surface area contributed by atoms with Crippen LogP contribution in [0.5, 0.6) is 11.5 Å². The fourth-order valence-electron chi connectivity index (χ4n) is 2.09. The molecule has 0 unspecified atom stereocenters.